The normalized spacial score (nSPS) is 19.6. The van der Waals surface area contributed by atoms with Gasteiger partial charge in [0.05, 0.1) is 22.3 Å². The Labute approximate surface area is 162 Å². The summed E-state index contributed by atoms with van der Waals surface area (Å²) in [6, 6.07) is 12.3. The van der Waals surface area contributed by atoms with Crippen molar-refractivity contribution in [1.29, 1.82) is 0 Å². The van der Waals surface area contributed by atoms with Crippen molar-refractivity contribution < 1.29 is 27.3 Å². The van der Waals surface area contributed by atoms with Gasteiger partial charge < -0.3 is 23.1 Å². The van der Waals surface area contributed by atoms with E-state index in [-0.39, 0.29) is 0 Å². The van der Waals surface area contributed by atoms with Gasteiger partial charge in [0.1, 0.15) is 5.76 Å². The van der Waals surface area contributed by atoms with Crippen LogP contribution in [0.4, 0.5) is 0 Å². The van der Waals surface area contributed by atoms with Gasteiger partial charge in [0.2, 0.25) is 0 Å². The maximum Gasteiger partial charge on any atom is 0.500 e. The van der Waals surface area contributed by atoms with E-state index in [1.807, 2.05) is 36.4 Å². The highest BCUT2D eigenvalue weighted by atomic mass is 32.2. The lowest BCUT2D eigenvalue weighted by atomic mass is 10.1. The van der Waals surface area contributed by atoms with E-state index in [2.05, 4.69) is 0 Å². The molecule has 2 atom stereocenters. The standard InChI is InChI=1S/C19H24O6SSi/c1-22-27(23-2,24-3)10-6-9-25-17-13-19(20)26(21)18-12-15-8-5-4-7-14(15)11-16(17)18/h4-5,7-8,11-13,19-20H,6,9-10H2,1-3H3. The van der Waals surface area contributed by atoms with Crippen LogP contribution < -0.4 is 0 Å². The number of ether oxygens (including phenoxy) is 1. The molecule has 0 aliphatic carbocycles. The molecule has 2 unspecified atom stereocenters. The van der Waals surface area contributed by atoms with Gasteiger partial charge in [-0.25, -0.2) is 0 Å². The number of aliphatic hydroxyl groups is 1. The first-order valence-electron chi connectivity index (χ1n) is 8.65. The molecule has 0 fully saturated rings. The number of hydrogen-bond acceptors (Lipinski definition) is 6. The van der Waals surface area contributed by atoms with Gasteiger partial charge in [0.15, 0.2) is 5.44 Å². The molecule has 27 heavy (non-hydrogen) atoms. The summed E-state index contributed by atoms with van der Waals surface area (Å²) < 4.78 is 34.7. The van der Waals surface area contributed by atoms with E-state index in [4.69, 9.17) is 18.0 Å². The second-order valence-corrected chi connectivity index (χ2v) is 10.8. The first-order chi connectivity index (χ1) is 13.0. The van der Waals surface area contributed by atoms with Crippen LogP contribution in [0.1, 0.15) is 12.0 Å². The molecule has 2 aromatic rings. The van der Waals surface area contributed by atoms with Crippen molar-refractivity contribution in [2.75, 3.05) is 27.9 Å². The number of rotatable bonds is 8. The average molecular weight is 409 g/mol. The number of fused-ring (bicyclic) bond motifs is 2. The largest absolute Gasteiger partial charge is 0.500 e. The molecule has 1 N–H and O–H groups in total. The number of benzene rings is 2. The van der Waals surface area contributed by atoms with Gasteiger partial charge in [-0.1, -0.05) is 24.3 Å². The third-order valence-electron chi connectivity index (χ3n) is 4.66. The molecular weight excluding hydrogens is 384 g/mol. The summed E-state index contributed by atoms with van der Waals surface area (Å²) >= 11 is 0. The lowest BCUT2D eigenvalue weighted by molar-refractivity contribution is 0.120. The Balaban J connectivity index is 1.78. The quantitative estimate of drug-likeness (QED) is 0.535. The van der Waals surface area contributed by atoms with Crippen molar-refractivity contribution in [2.24, 2.45) is 0 Å². The Kier molecular flexibility index (Phi) is 6.46. The van der Waals surface area contributed by atoms with Crippen LogP contribution in [-0.2, 0) is 28.8 Å². The van der Waals surface area contributed by atoms with Crippen molar-refractivity contribution in [3.8, 4) is 0 Å². The fourth-order valence-electron chi connectivity index (χ4n) is 3.14. The third kappa shape index (κ3) is 4.16. The summed E-state index contributed by atoms with van der Waals surface area (Å²) in [7, 11) is 0.590. The molecule has 3 rings (SSSR count). The van der Waals surface area contributed by atoms with Crippen LogP contribution in [0.3, 0.4) is 0 Å². The van der Waals surface area contributed by atoms with Crippen LogP contribution in [0.2, 0.25) is 6.04 Å². The minimum atomic E-state index is -2.63. The molecule has 0 saturated heterocycles. The van der Waals surface area contributed by atoms with Gasteiger partial charge in [-0.15, -0.1) is 0 Å². The predicted octanol–water partition coefficient (Wildman–Crippen LogP) is 2.91. The first-order valence-corrected chi connectivity index (χ1v) is 11.8. The SMILES string of the molecule is CO[Si](CCCOC1=CC(O)S(=O)c2cc3ccccc3cc21)(OC)OC. The monoisotopic (exact) mass is 408 g/mol. The first kappa shape index (κ1) is 20.2. The molecule has 1 aliphatic rings. The van der Waals surface area contributed by atoms with Gasteiger partial charge in [0.25, 0.3) is 0 Å². The van der Waals surface area contributed by atoms with Crippen molar-refractivity contribution in [3.63, 3.8) is 0 Å². The smallest absolute Gasteiger partial charge is 0.493 e. The van der Waals surface area contributed by atoms with Crippen LogP contribution in [0.5, 0.6) is 0 Å². The predicted molar refractivity (Wildman–Crippen MR) is 106 cm³/mol. The summed E-state index contributed by atoms with van der Waals surface area (Å²) in [6.45, 7) is 0.405. The van der Waals surface area contributed by atoms with Crippen LogP contribution in [0.15, 0.2) is 47.4 Å². The summed E-state index contributed by atoms with van der Waals surface area (Å²) in [6.07, 6.45) is 2.18. The highest BCUT2D eigenvalue weighted by molar-refractivity contribution is 7.85. The molecular formula is C19H24O6SSi. The van der Waals surface area contributed by atoms with Crippen molar-refractivity contribution in [1.82, 2.24) is 0 Å². The maximum absolute atomic E-state index is 12.5. The lowest BCUT2D eigenvalue weighted by Gasteiger charge is -2.25. The Morgan fingerprint density at radius 3 is 2.33 bits per heavy atom. The van der Waals surface area contributed by atoms with Crippen molar-refractivity contribution in [3.05, 3.63) is 48.0 Å². The van der Waals surface area contributed by atoms with Crippen LogP contribution in [0, 0.1) is 0 Å². The fraction of sp³-hybridized carbons (Fsp3) is 0.368. The Bertz CT molecular complexity index is 856. The maximum atomic E-state index is 12.5. The molecule has 1 aliphatic heterocycles. The molecule has 0 amide bonds. The molecule has 0 aromatic heterocycles. The average Bonchev–Trinajstić information content (AvgIpc) is 2.71. The Morgan fingerprint density at radius 1 is 1.07 bits per heavy atom. The highest BCUT2D eigenvalue weighted by Crippen LogP contribution is 2.34. The Morgan fingerprint density at radius 2 is 1.70 bits per heavy atom. The molecule has 0 bridgehead atoms. The van der Waals surface area contributed by atoms with E-state index in [1.165, 1.54) is 6.08 Å². The van der Waals surface area contributed by atoms with Gasteiger partial charge in [-0.05, 0) is 35.4 Å². The molecule has 146 valence electrons. The topological polar surface area (TPSA) is 74.2 Å². The van der Waals surface area contributed by atoms with Gasteiger partial charge in [0, 0.05) is 32.9 Å². The van der Waals surface area contributed by atoms with E-state index >= 15 is 0 Å². The second kappa shape index (κ2) is 8.64. The highest BCUT2D eigenvalue weighted by Gasteiger charge is 2.37. The number of hydrogen-bond donors (Lipinski definition) is 1. The van der Waals surface area contributed by atoms with Crippen LogP contribution in [-0.4, -0.2) is 51.5 Å². The minimum absolute atomic E-state index is 0.405. The number of aliphatic hydroxyl groups excluding tert-OH is 1. The van der Waals surface area contributed by atoms with E-state index in [9.17, 15) is 9.32 Å². The summed E-state index contributed by atoms with van der Waals surface area (Å²) in [5, 5.41) is 12.2. The van der Waals surface area contributed by atoms with E-state index in [0.717, 1.165) is 16.3 Å². The second-order valence-electron chi connectivity index (χ2n) is 6.16. The summed E-state index contributed by atoms with van der Waals surface area (Å²) in [5.41, 5.74) is -0.329. The minimum Gasteiger partial charge on any atom is -0.493 e. The molecule has 8 heteroatoms. The third-order valence-corrected chi connectivity index (χ3v) is 8.84. The molecule has 6 nitrogen and oxygen atoms in total. The van der Waals surface area contributed by atoms with Crippen LogP contribution >= 0.6 is 0 Å². The zero-order chi connectivity index (χ0) is 19.4. The molecule has 1 heterocycles. The summed E-state index contributed by atoms with van der Waals surface area (Å²) in [5.74, 6) is 0.544. The van der Waals surface area contributed by atoms with Gasteiger partial charge in [-0.2, -0.15) is 0 Å². The lowest BCUT2D eigenvalue weighted by Crippen LogP contribution is -2.42. The van der Waals surface area contributed by atoms with Crippen molar-refractivity contribution in [2.45, 2.75) is 22.8 Å². The van der Waals surface area contributed by atoms with E-state index in [1.54, 1.807) is 21.3 Å². The zero-order valence-corrected chi connectivity index (χ0v) is 17.5. The van der Waals surface area contributed by atoms with Crippen LogP contribution in [0.25, 0.3) is 16.5 Å². The van der Waals surface area contributed by atoms with Crippen molar-refractivity contribution >= 4 is 36.1 Å². The van der Waals surface area contributed by atoms with Gasteiger partial charge >= 0.3 is 8.80 Å². The summed E-state index contributed by atoms with van der Waals surface area (Å²) in [4.78, 5) is 0.591. The fourth-order valence-corrected chi connectivity index (χ4v) is 5.96. The van der Waals surface area contributed by atoms with E-state index in [0.29, 0.717) is 29.7 Å². The zero-order valence-electron chi connectivity index (χ0n) is 15.6. The Hall–Kier alpha value is -1.55. The van der Waals surface area contributed by atoms with Gasteiger partial charge in [-0.3, -0.25) is 4.21 Å². The van der Waals surface area contributed by atoms with E-state index < -0.39 is 25.0 Å². The molecule has 0 saturated carbocycles. The molecule has 2 aromatic carbocycles. The molecule has 0 radical (unpaired) electrons. The molecule has 0 spiro atoms.